The lowest BCUT2D eigenvalue weighted by Crippen LogP contribution is -2.00. The Morgan fingerprint density at radius 2 is 1.14 bits per heavy atom. The predicted octanol–water partition coefficient (Wildman–Crippen LogP) is 12.5. The molecule has 7 aromatic carbocycles. The number of hydrogen-bond acceptors (Lipinski definition) is 5. The molecule has 3 aromatic heterocycles. The maximum absolute atomic E-state index is 9.60. The van der Waals surface area contributed by atoms with E-state index < -0.39 is 60.4 Å². The van der Waals surface area contributed by atoms with Crippen molar-refractivity contribution in [1.29, 1.82) is 0 Å². The fourth-order valence-electron chi connectivity index (χ4n) is 6.13. The van der Waals surface area contributed by atoms with Crippen LogP contribution >= 0.6 is 11.3 Å². The second-order valence-electron chi connectivity index (χ2n) is 11.6. The van der Waals surface area contributed by atoms with Crippen LogP contribution in [0.3, 0.4) is 0 Å². The largest absolute Gasteiger partial charge is 0.456 e. The van der Waals surface area contributed by atoms with E-state index >= 15 is 0 Å². The van der Waals surface area contributed by atoms with E-state index in [0.717, 1.165) is 33.2 Å². The summed E-state index contributed by atoms with van der Waals surface area (Å²) >= 11 is 0.882. The van der Waals surface area contributed by atoms with Crippen molar-refractivity contribution in [2.24, 2.45) is 0 Å². The molecule has 0 saturated heterocycles. The summed E-state index contributed by atoms with van der Waals surface area (Å²) in [4.78, 5) is 14.5. The van der Waals surface area contributed by atoms with Crippen LogP contribution in [0.2, 0.25) is 0 Å². The Morgan fingerprint density at radius 3 is 1.98 bits per heavy atom. The van der Waals surface area contributed by atoms with Gasteiger partial charge < -0.3 is 4.42 Å². The minimum atomic E-state index is -0.639. The third-order valence-corrected chi connectivity index (χ3v) is 9.68. The number of furan rings is 1. The SMILES string of the molecule is [2H]c1c([2H])c([2H])c(-c2c([2H])c([2H])c([2H])c3c2sc2c([2H])c(-c4nc(-c5ccc(-c6ccccc6)cc5)nc(-c5ccc6c(c5)oc5ccccc56)n4)c([2H])c([2H])c23)c([2H])c1[2H]. The molecule has 0 N–H and O–H groups in total. The van der Waals surface area contributed by atoms with E-state index in [0.29, 0.717) is 22.3 Å². The first-order valence-electron chi connectivity index (χ1n) is 21.2. The highest BCUT2D eigenvalue weighted by Crippen LogP contribution is 2.41. The van der Waals surface area contributed by atoms with E-state index in [9.17, 15) is 4.11 Å². The molecule has 0 aliphatic rings. The number of benzene rings is 7. The summed E-state index contributed by atoms with van der Waals surface area (Å²) in [6, 6.07) is 25.0. The molecule has 3 heterocycles. The first-order chi connectivity index (χ1) is 29.3. The Balaban J connectivity index is 1.23. The van der Waals surface area contributed by atoms with E-state index in [1.807, 2.05) is 97.1 Å². The van der Waals surface area contributed by atoms with Crippen molar-refractivity contribution in [2.45, 2.75) is 0 Å². The zero-order valence-corrected chi connectivity index (χ0v) is 26.7. The van der Waals surface area contributed by atoms with Crippen molar-refractivity contribution in [3.63, 3.8) is 0 Å². The molecule has 0 aliphatic carbocycles. The van der Waals surface area contributed by atoms with E-state index in [4.69, 9.17) is 30.3 Å². The maximum Gasteiger partial charge on any atom is 0.164 e. The smallest absolute Gasteiger partial charge is 0.164 e. The molecule has 0 amide bonds. The van der Waals surface area contributed by atoms with Gasteiger partial charge in [-0.2, -0.15) is 0 Å². The molecule has 234 valence electrons. The van der Waals surface area contributed by atoms with Crippen LogP contribution < -0.4 is 0 Å². The number of rotatable bonds is 5. The summed E-state index contributed by atoms with van der Waals surface area (Å²) in [5.41, 5.74) is 3.85. The van der Waals surface area contributed by atoms with Crippen molar-refractivity contribution >= 4 is 53.4 Å². The van der Waals surface area contributed by atoms with Gasteiger partial charge in [-0.1, -0.05) is 139 Å². The Bertz CT molecular complexity index is 3470. The van der Waals surface area contributed by atoms with Crippen LogP contribution in [0.1, 0.15) is 15.1 Å². The molecule has 50 heavy (non-hydrogen) atoms. The van der Waals surface area contributed by atoms with Gasteiger partial charge in [-0.25, -0.2) is 15.0 Å². The summed E-state index contributed by atoms with van der Waals surface area (Å²) in [5.74, 6) is 0.380. The van der Waals surface area contributed by atoms with Gasteiger partial charge in [0, 0.05) is 47.6 Å². The molecule has 10 aromatic rings. The molecule has 5 heteroatoms. The van der Waals surface area contributed by atoms with Crippen LogP contribution in [0.5, 0.6) is 0 Å². The molecule has 0 bridgehead atoms. The monoisotopic (exact) mass is 668 g/mol. The zero-order chi connectivity index (χ0) is 42.6. The van der Waals surface area contributed by atoms with E-state index in [2.05, 4.69) is 0 Å². The molecule has 0 aliphatic heterocycles. The number of thiophene rings is 1. The lowest BCUT2D eigenvalue weighted by Gasteiger charge is -2.09. The van der Waals surface area contributed by atoms with Gasteiger partial charge in [0.05, 0.1) is 15.1 Å². The fraction of sp³-hybridized carbons (Fsp3) is 0. The molecule has 0 spiro atoms. The fourth-order valence-corrected chi connectivity index (χ4v) is 7.26. The van der Waals surface area contributed by atoms with Gasteiger partial charge in [-0.15, -0.1) is 11.3 Å². The maximum atomic E-state index is 9.60. The molecule has 4 nitrogen and oxygen atoms in total. The van der Waals surface area contributed by atoms with Crippen molar-refractivity contribution in [3.8, 4) is 56.4 Å². The first-order valence-corrected chi connectivity index (χ1v) is 16.5. The van der Waals surface area contributed by atoms with Gasteiger partial charge in [-0.3, -0.25) is 0 Å². The molecule has 0 unspecified atom stereocenters. The molecule has 0 radical (unpaired) electrons. The molecule has 0 fully saturated rings. The van der Waals surface area contributed by atoms with Crippen LogP contribution in [0.25, 0.3) is 98.5 Å². The van der Waals surface area contributed by atoms with Gasteiger partial charge in [0.15, 0.2) is 17.5 Å². The highest BCUT2D eigenvalue weighted by molar-refractivity contribution is 7.26. The van der Waals surface area contributed by atoms with Crippen molar-refractivity contribution in [2.75, 3.05) is 0 Å². The number of nitrogens with zero attached hydrogens (tertiary/aromatic N) is 3. The Morgan fingerprint density at radius 1 is 0.460 bits per heavy atom. The van der Waals surface area contributed by atoms with Crippen molar-refractivity contribution in [3.05, 3.63) is 164 Å². The van der Waals surface area contributed by atoms with Crippen LogP contribution in [-0.2, 0) is 0 Å². The Hall–Kier alpha value is -6.43. The van der Waals surface area contributed by atoms with E-state index in [-0.39, 0.29) is 60.4 Å². The first kappa shape index (κ1) is 19.5. The van der Waals surface area contributed by atoms with Gasteiger partial charge in [0.25, 0.3) is 0 Å². The summed E-state index contributed by atoms with van der Waals surface area (Å²) in [6.07, 6.45) is 0. The van der Waals surface area contributed by atoms with E-state index in [1.54, 1.807) is 0 Å². The minimum Gasteiger partial charge on any atom is -0.456 e. The second-order valence-corrected chi connectivity index (χ2v) is 12.6. The third-order valence-electron chi connectivity index (χ3n) is 8.56. The highest BCUT2D eigenvalue weighted by atomic mass is 32.1. The number of hydrogen-bond donors (Lipinski definition) is 0. The zero-order valence-electron chi connectivity index (χ0n) is 36.9. The molecular formula is C45H27N3OS. The molecule has 10 rings (SSSR count). The predicted molar refractivity (Wildman–Crippen MR) is 207 cm³/mol. The number of aromatic nitrogens is 3. The van der Waals surface area contributed by atoms with Gasteiger partial charge in [0.1, 0.15) is 11.2 Å². The summed E-state index contributed by atoms with van der Waals surface area (Å²) in [7, 11) is 0. The van der Waals surface area contributed by atoms with Crippen LogP contribution in [0.15, 0.2) is 168 Å². The van der Waals surface area contributed by atoms with Gasteiger partial charge in [0.2, 0.25) is 0 Å². The van der Waals surface area contributed by atoms with Crippen molar-refractivity contribution in [1.82, 2.24) is 15.0 Å². The normalized spacial score (nSPS) is 14.7. The van der Waals surface area contributed by atoms with E-state index in [1.165, 1.54) is 0 Å². The Labute approximate surface area is 307 Å². The summed E-state index contributed by atoms with van der Waals surface area (Å²) in [5, 5.41) is 1.80. The molecule has 0 saturated carbocycles. The number of para-hydroxylation sites is 1. The van der Waals surface area contributed by atoms with Crippen molar-refractivity contribution < 1.29 is 19.5 Å². The van der Waals surface area contributed by atoms with Crippen LogP contribution in [0, 0.1) is 0 Å². The van der Waals surface area contributed by atoms with Crippen LogP contribution in [0.4, 0.5) is 0 Å². The van der Waals surface area contributed by atoms with Gasteiger partial charge >= 0.3 is 0 Å². The highest BCUT2D eigenvalue weighted by Gasteiger charge is 2.17. The minimum absolute atomic E-state index is 0.00722. The summed E-state index contributed by atoms with van der Waals surface area (Å²) < 4.78 is 103. The number of fused-ring (bicyclic) bond motifs is 6. The molecule has 0 atom stereocenters. The topological polar surface area (TPSA) is 51.8 Å². The standard InChI is InChI=1S/C45H27N3OS/c1-3-10-28(11-4-1)29-18-20-31(21-19-29)43-46-44(32-22-24-36-35-14-7-8-17-39(35)49-40(36)26-32)48-45(47-43)33-23-25-37-38-16-9-15-34(30-12-5-2-6-13-30)42(38)50-41(37)27-33/h1-27H/i2D,5D,6D,9D,12D,13D,15D,16D,23D,25D,27D. The average Bonchev–Trinajstić information content (AvgIpc) is 3.87. The quantitative estimate of drug-likeness (QED) is 0.183. The lowest BCUT2D eigenvalue weighted by atomic mass is 10.0. The Kier molecular flexibility index (Phi) is 4.54. The average molecular weight is 669 g/mol. The molecular weight excluding hydrogens is 631 g/mol. The third kappa shape index (κ3) is 4.87. The second kappa shape index (κ2) is 11.6. The summed E-state index contributed by atoms with van der Waals surface area (Å²) in [6.45, 7) is 0. The lowest BCUT2D eigenvalue weighted by molar-refractivity contribution is 0.669. The van der Waals surface area contributed by atoms with Gasteiger partial charge in [-0.05, 0) is 46.5 Å². The van der Waals surface area contributed by atoms with Crippen LogP contribution in [-0.4, -0.2) is 15.0 Å².